The molecule has 26 heavy (non-hydrogen) atoms. The number of benzene rings is 1. The van der Waals surface area contributed by atoms with Crippen molar-refractivity contribution in [1.29, 1.82) is 0 Å². The molecule has 0 spiro atoms. The monoisotopic (exact) mass is 364 g/mol. The molecule has 136 valence electrons. The van der Waals surface area contributed by atoms with Gasteiger partial charge in [-0.3, -0.25) is 9.30 Å². The predicted molar refractivity (Wildman–Crippen MR) is 87.9 cm³/mol. The summed E-state index contributed by atoms with van der Waals surface area (Å²) in [7, 11) is 0. The molecule has 4 rings (SSSR count). The van der Waals surface area contributed by atoms with E-state index in [1.807, 2.05) is 0 Å². The Balaban J connectivity index is 1.72. The maximum absolute atomic E-state index is 14.4. The minimum atomic E-state index is -4.55. The lowest BCUT2D eigenvalue weighted by Gasteiger charge is -2.15. The molecule has 1 aliphatic rings. The van der Waals surface area contributed by atoms with Crippen LogP contribution in [-0.2, 0) is 12.7 Å². The first kappa shape index (κ1) is 17.0. The van der Waals surface area contributed by atoms with Gasteiger partial charge in [0.15, 0.2) is 0 Å². The normalized spacial score (nSPS) is 15.8. The van der Waals surface area contributed by atoms with Crippen molar-refractivity contribution in [3.05, 3.63) is 53.7 Å². The van der Waals surface area contributed by atoms with Crippen molar-refractivity contribution in [2.24, 2.45) is 0 Å². The average Bonchev–Trinajstić information content (AvgIpc) is 3.25. The van der Waals surface area contributed by atoms with Gasteiger partial charge in [-0.1, -0.05) is 6.07 Å². The van der Waals surface area contributed by atoms with E-state index >= 15 is 0 Å². The average molecular weight is 364 g/mol. The largest absolute Gasteiger partial charge is 0.433 e. The molecule has 1 aliphatic heterocycles. The van der Waals surface area contributed by atoms with Gasteiger partial charge in [0.05, 0.1) is 11.9 Å². The standard InChI is InChI=1S/C18H16F4N4/c19-14-4-3-12(11-25-6-1-2-7-25)9-13(14)15-10-23-17-24-16(18(20,21)22)5-8-26(15)17/h3-5,8-10H,1-2,6-7,11H2. The number of hydrogen-bond acceptors (Lipinski definition) is 3. The topological polar surface area (TPSA) is 33.4 Å². The molecule has 0 aliphatic carbocycles. The van der Waals surface area contributed by atoms with Crippen molar-refractivity contribution < 1.29 is 17.6 Å². The first-order valence-corrected chi connectivity index (χ1v) is 8.34. The van der Waals surface area contributed by atoms with Gasteiger partial charge in [0.1, 0.15) is 11.5 Å². The van der Waals surface area contributed by atoms with Gasteiger partial charge in [0, 0.05) is 18.3 Å². The Morgan fingerprint density at radius 2 is 1.85 bits per heavy atom. The Morgan fingerprint density at radius 3 is 2.58 bits per heavy atom. The van der Waals surface area contributed by atoms with Crippen molar-refractivity contribution >= 4 is 5.78 Å². The van der Waals surface area contributed by atoms with Crippen LogP contribution in [0.5, 0.6) is 0 Å². The third-order valence-electron chi connectivity index (χ3n) is 4.58. The fourth-order valence-electron chi connectivity index (χ4n) is 3.29. The number of aromatic nitrogens is 3. The van der Waals surface area contributed by atoms with E-state index in [-0.39, 0.29) is 5.78 Å². The lowest BCUT2D eigenvalue weighted by atomic mass is 10.1. The first-order chi connectivity index (χ1) is 12.4. The zero-order valence-electron chi connectivity index (χ0n) is 13.8. The number of nitrogens with zero attached hydrogens (tertiary/aromatic N) is 4. The minimum Gasteiger partial charge on any atom is -0.299 e. The summed E-state index contributed by atoms with van der Waals surface area (Å²) < 4.78 is 54.1. The van der Waals surface area contributed by atoms with Gasteiger partial charge in [-0.15, -0.1) is 0 Å². The van der Waals surface area contributed by atoms with E-state index < -0.39 is 17.7 Å². The number of fused-ring (bicyclic) bond motifs is 1. The summed E-state index contributed by atoms with van der Waals surface area (Å²) in [5.74, 6) is -0.559. The summed E-state index contributed by atoms with van der Waals surface area (Å²) in [5, 5.41) is 0. The van der Waals surface area contributed by atoms with Crippen LogP contribution in [0.25, 0.3) is 17.0 Å². The molecule has 1 aromatic carbocycles. The Labute approximate surface area is 147 Å². The molecule has 0 unspecified atom stereocenters. The highest BCUT2D eigenvalue weighted by Gasteiger charge is 2.33. The maximum atomic E-state index is 14.4. The molecule has 3 heterocycles. The van der Waals surface area contributed by atoms with Crippen LogP contribution < -0.4 is 0 Å². The van der Waals surface area contributed by atoms with Crippen LogP contribution in [-0.4, -0.2) is 32.4 Å². The predicted octanol–water partition coefficient (Wildman–Crippen LogP) is 4.15. The molecule has 2 aromatic heterocycles. The summed E-state index contributed by atoms with van der Waals surface area (Å²) in [4.78, 5) is 9.74. The van der Waals surface area contributed by atoms with E-state index in [0.29, 0.717) is 11.3 Å². The van der Waals surface area contributed by atoms with Gasteiger partial charge in [0.2, 0.25) is 5.78 Å². The number of halogens is 4. The molecule has 4 nitrogen and oxygen atoms in total. The number of imidazole rings is 1. The van der Waals surface area contributed by atoms with Crippen LogP contribution in [0.1, 0.15) is 24.1 Å². The molecular formula is C18H16F4N4. The summed E-state index contributed by atoms with van der Waals surface area (Å²) in [6.45, 7) is 2.76. The van der Waals surface area contributed by atoms with E-state index in [9.17, 15) is 17.6 Å². The van der Waals surface area contributed by atoms with Crippen LogP contribution in [0.15, 0.2) is 36.7 Å². The molecular weight excluding hydrogens is 348 g/mol. The molecule has 3 aromatic rings. The molecule has 1 saturated heterocycles. The molecule has 0 radical (unpaired) electrons. The minimum absolute atomic E-state index is 0.112. The molecule has 0 N–H and O–H groups in total. The third-order valence-corrected chi connectivity index (χ3v) is 4.58. The summed E-state index contributed by atoms with van der Waals surface area (Å²) in [6.07, 6.45) is 0.346. The SMILES string of the molecule is Fc1ccc(CN2CCCC2)cc1-c1cnc2nc(C(F)(F)F)ccn12. The number of rotatable bonds is 3. The highest BCUT2D eigenvalue weighted by Crippen LogP contribution is 2.30. The van der Waals surface area contributed by atoms with Crippen molar-refractivity contribution in [3.63, 3.8) is 0 Å². The second-order valence-electron chi connectivity index (χ2n) is 6.42. The van der Waals surface area contributed by atoms with Crippen molar-refractivity contribution in [1.82, 2.24) is 19.3 Å². The van der Waals surface area contributed by atoms with Crippen LogP contribution >= 0.6 is 0 Å². The van der Waals surface area contributed by atoms with Crippen molar-refractivity contribution in [2.45, 2.75) is 25.6 Å². The van der Waals surface area contributed by atoms with Crippen LogP contribution in [0.4, 0.5) is 17.6 Å². The summed E-state index contributed by atoms with van der Waals surface area (Å²) in [6, 6.07) is 5.72. The van der Waals surface area contributed by atoms with Crippen LogP contribution in [0.2, 0.25) is 0 Å². The van der Waals surface area contributed by atoms with Crippen LogP contribution in [0, 0.1) is 5.82 Å². The fraction of sp³-hybridized carbons (Fsp3) is 0.333. The van der Waals surface area contributed by atoms with Gasteiger partial charge in [-0.05, 0) is 49.7 Å². The Kier molecular flexibility index (Phi) is 4.14. The zero-order valence-corrected chi connectivity index (χ0v) is 13.8. The lowest BCUT2D eigenvalue weighted by Crippen LogP contribution is -2.18. The number of alkyl halides is 3. The molecule has 0 atom stereocenters. The fourth-order valence-corrected chi connectivity index (χ4v) is 3.29. The van der Waals surface area contributed by atoms with E-state index in [1.165, 1.54) is 22.9 Å². The van der Waals surface area contributed by atoms with E-state index in [4.69, 9.17) is 0 Å². The van der Waals surface area contributed by atoms with E-state index in [1.54, 1.807) is 12.1 Å². The van der Waals surface area contributed by atoms with E-state index in [2.05, 4.69) is 14.9 Å². The molecule has 8 heteroatoms. The Morgan fingerprint density at radius 1 is 1.08 bits per heavy atom. The quantitative estimate of drug-likeness (QED) is 0.655. The van der Waals surface area contributed by atoms with Gasteiger partial charge >= 0.3 is 6.18 Å². The first-order valence-electron chi connectivity index (χ1n) is 8.34. The highest BCUT2D eigenvalue weighted by molar-refractivity contribution is 5.64. The second kappa shape index (κ2) is 6.35. The highest BCUT2D eigenvalue weighted by atomic mass is 19.4. The maximum Gasteiger partial charge on any atom is 0.433 e. The zero-order chi connectivity index (χ0) is 18.3. The van der Waals surface area contributed by atoms with Gasteiger partial charge in [0.25, 0.3) is 0 Å². The van der Waals surface area contributed by atoms with Crippen molar-refractivity contribution in [2.75, 3.05) is 13.1 Å². The molecule has 1 fully saturated rings. The van der Waals surface area contributed by atoms with Crippen LogP contribution in [0.3, 0.4) is 0 Å². The summed E-state index contributed by atoms with van der Waals surface area (Å²) >= 11 is 0. The van der Waals surface area contributed by atoms with Crippen molar-refractivity contribution in [3.8, 4) is 11.3 Å². The number of likely N-dealkylation sites (tertiary alicyclic amines) is 1. The molecule has 0 saturated carbocycles. The second-order valence-corrected chi connectivity index (χ2v) is 6.42. The Hall–Kier alpha value is -2.48. The summed E-state index contributed by atoms with van der Waals surface area (Å²) in [5.41, 5.74) is 0.612. The number of hydrogen-bond donors (Lipinski definition) is 0. The van der Waals surface area contributed by atoms with E-state index in [0.717, 1.165) is 44.1 Å². The molecule has 0 bridgehead atoms. The third kappa shape index (κ3) is 3.16. The molecule has 0 amide bonds. The lowest BCUT2D eigenvalue weighted by molar-refractivity contribution is -0.141. The smallest absolute Gasteiger partial charge is 0.299 e. The Bertz CT molecular complexity index is 942. The van der Waals surface area contributed by atoms with Gasteiger partial charge in [-0.2, -0.15) is 13.2 Å². The van der Waals surface area contributed by atoms with Gasteiger partial charge in [-0.25, -0.2) is 14.4 Å². The van der Waals surface area contributed by atoms with Gasteiger partial charge < -0.3 is 0 Å².